The normalized spacial score (nSPS) is 13.2. The Kier molecular flexibility index (Phi) is 16.9. The second-order valence-electron chi connectivity index (χ2n) is 20.5. The Morgan fingerprint density at radius 2 is 0.742 bits per heavy atom. The molecule has 0 atom stereocenters. The summed E-state index contributed by atoms with van der Waals surface area (Å²) in [6.07, 6.45) is 23.0. The molecule has 0 aliphatic heterocycles. The second kappa shape index (κ2) is 22.7. The summed E-state index contributed by atoms with van der Waals surface area (Å²) < 4.78 is 0. The molecule has 0 saturated heterocycles. The van der Waals surface area contributed by atoms with E-state index in [1.54, 1.807) is 11.1 Å². The number of rotatable bonds is 25. The zero-order valence-corrected chi connectivity index (χ0v) is 42.5. The number of fused-ring (bicyclic) bond motifs is 3. The number of benzene rings is 6. The van der Waals surface area contributed by atoms with E-state index < -0.39 is 0 Å². The van der Waals surface area contributed by atoms with Crippen LogP contribution < -0.4 is 4.90 Å². The van der Waals surface area contributed by atoms with Crippen molar-refractivity contribution in [3.05, 3.63) is 162 Å². The quantitative estimate of drug-likeness (QED) is 0.0518. The van der Waals surface area contributed by atoms with Crippen LogP contribution in [0.25, 0.3) is 33.4 Å². The minimum absolute atomic E-state index is 0.0367. The molecule has 1 nitrogen and oxygen atoms in total. The first-order valence-electron chi connectivity index (χ1n) is 26.6. The number of nitrogens with zero attached hydrogens (tertiary/aromatic N) is 1. The molecular weight excluding hydrogens is 795 g/mol. The molecule has 6 aromatic carbocycles. The molecule has 0 bridgehead atoms. The Labute approximate surface area is 402 Å². The average Bonchev–Trinajstić information content (AvgIpc) is 3.64. The highest BCUT2D eigenvalue weighted by molar-refractivity contribution is 5.85. The van der Waals surface area contributed by atoms with Crippen LogP contribution in [0.5, 0.6) is 0 Å². The Morgan fingerprint density at radius 3 is 1.24 bits per heavy atom. The molecular formula is C65H83N. The summed E-state index contributed by atoms with van der Waals surface area (Å²) in [5.41, 5.74) is 18.1. The van der Waals surface area contributed by atoms with E-state index in [1.807, 2.05) is 0 Å². The van der Waals surface area contributed by atoms with Gasteiger partial charge in [-0.2, -0.15) is 0 Å². The lowest BCUT2D eigenvalue weighted by molar-refractivity contribution is 0.395. The van der Waals surface area contributed by atoms with Gasteiger partial charge in [-0.15, -0.1) is 0 Å². The molecule has 0 unspecified atom stereocenters. The zero-order chi connectivity index (χ0) is 46.6. The van der Waals surface area contributed by atoms with Crippen molar-refractivity contribution in [3.63, 3.8) is 0 Å². The number of unbranched alkanes of at least 4 members (excludes halogenated alkanes) is 10. The zero-order valence-electron chi connectivity index (χ0n) is 42.5. The van der Waals surface area contributed by atoms with Crippen LogP contribution in [-0.4, -0.2) is 0 Å². The molecule has 348 valence electrons. The Hall–Kier alpha value is -4.88. The van der Waals surface area contributed by atoms with Crippen LogP contribution in [0, 0.1) is 0 Å². The lowest BCUT2D eigenvalue weighted by Crippen LogP contribution is -2.27. The first-order chi connectivity index (χ1) is 32.2. The fourth-order valence-electron chi connectivity index (χ4n) is 11.1. The molecule has 0 aromatic heterocycles. The topological polar surface area (TPSA) is 3.24 Å². The van der Waals surface area contributed by atoms with Gasteiger partial charge in [0.1, 0.15) is 0 Å². The molecule has 6 aromatic rings. The minimum atomic E-state index is 0.0367. The van der Waals surface area contributed by atoms with Gasteiger partial charge in [-0.1, -0.05) is 230 Å². The summed E-state index contributed by atoms with van der Waals surface area (Å²) in [6, 6.07) is 53.9. The fourth-order valence-corrected chi connectivity index (χ4v) is 11.1. The van der Waals surface area contributed by atoms with Crippen LogP contribution in [0.2, 0.25) is 0 Å². The number of anilines is 3. The van der Waals surface area contributed by atoms with Crippen LogP contribution in [0.4, 0.5) is 17.1 Å². The largest absolute Gasteiger partial charge is 0.311 e. The van der Waals surface area contributed by atoms with E-state index in [1.165, 1.54) is 146 Å². The maximum absolute atomic E-state index is 2.70. The Bertz CT molecular complexity index is 2380. The van der Waals surface area contributed by atoms with Gasteiger partial charge in [0.05, 0.1) is 0 Å². The summed E-state index contributed by atoms with van der Waals surface area (Å²) in [6.45, 7) is 19.0. The summed E-state index contributed by atoms with van der Waals surface area (Å²) in [5, 5.41) is 0. The summed E-state index contributed by atoms with van der Waals surface area (Å²) in [7, 11) is 0. The van der Waals surface area contributed by atoms with E-state index >= 15 is 0 Å². The molecule has 1 aliphatic rings. The van der Waals surface area contributed by atoms with Crippen molar-refractivity contribution in [1.82, 2.24) is 0 Å². The van der Waals surface area contributed by atoms with Crippen LogP contribution in [0.3, 0.4) is 0 Å². The van der Waals surface area contributed by atoms with E-state index in [9.17, 15) is 0 Å². The third-order valence-electron chi connectivity index (χ3n) is 16.6. The molecule has 0 radical (unpaired) electrons. The monoisotopic (exact) mass is 878 g/mol. The second-order valence-corrected chi connectivity index (χ2v) is 20.5. The van der Waals surface area contributed by atoms with Gasteiger partial charge in [0.15, 0.2) is 0 Å². The molecule has 7 rings (SSSR count). The first kappa shape index (κ1) is 49.0. The van der Waals surface area contributed by atoms with Gasteiger partial charge >= 0.3 is 0 Å². The maximum Gasteiger partial charge on any atom is 0.0462 e. The number of hydrogen-bond donors (Lipinski definition) is 0. The highest BCUT2D eigenvalue weighted by Gasteiger charge is 2.43. The van der Waals surface area contributed by atoms with Crippen molar-refractivity contribution >= 4 is 17.1 Å². The molecule has 0 spiro atoms. The predicted molar refractivity (Wildman–Crippen MR) is 290 cm³/mol. The van der Waals surface area contributed by atoms with E-state index in [4.69, 9.17) is 0 Å². The van der Waals surface area contributed by atoms with Crippen molar-refractivity contribution in [3.8, 4) is 33.4 Å². The SMILES string of the molecule is CCCCCCCCC1(CCCCCCCC)c2cc(-c3ccc(N(c4ccc(-c5ccccc5)cc4)c4ccc(C(C)(CC)CC)cc4)cc3)ccc2-c2ccc(C(C)(CC)CC)cc21. The van der Waals surface area contributed by atoms with Crippen LogP contribution in [-0.2, 0) is 16.2 Å². The van der Waals surface area contributed by atoms with Gasteiger partial charge in [0.2, 0.25) is 0 Å². The molecule has 0 amide bonds. The predicted octanol–water partition coefficient (Wildman–Crippen LogP) is 20.4. The summed E-state index contributed by atoms with van der Waals surface area (Å²) in [5.74, 6) is 0. The van der Waals surface area contributed by atoms with E-state index in [2.05, 4.69) is 200 Å². The van der Waals surface area contributed by atoms with Gasteiger partial charge in [0, 0.05) is 22.5 Å². The molecule has 1 aliphatic carbocycles. The molecule has 0 heterocycles. The maximum atomic E-state index is 2.70. The van der Waals surface area contributed by atoms with Gasteiger partial charge in [-0.25, -0.2) is 0 Å². The fraction of sp³-hybridized carbons (Fsp3) is 0.446. The lowest BCUT2D eigenvalue weighted by Gasteiger charge is -2.35. The Morgan fingerprint density at radius 1 is 0.364 bits per heavy atom. The third-order valence-corrected chi connectivity index (χ3v) is 16.6. The minimum Gasteiger partial charge on any atom is -0.311 e. The van der Waals surface area contributed by atoms with Crippen molar-refractivity contribution in [2.45, 2.75) is 187 Å². The van der Waals surface area contributed by atoms with Gasteiger partial charge < -0.3 is 4.90 Å². The third kappa shape index (κ3) is 10.6. The van der Waals surface area contributed by atoms with Crippen LogP contribution in [0.15, 0.2) is 140 Å². The summed E-state index contributed by atoms with van der Waals surface area (Å²) in [4.78, 5) is 2.43. The van der Waals surface area contributed by atoms with Gasteiger partial charge in [-0.3, -0.25) is 0 Å². The van der Waals surface area contributed by atoms with Crippen molar-refractivity contribution < 1.29 is 0 Å². The molecule has 66 heavy (non-hydrogen) atoms. The van der Waals surface area contributed by atoms with Crippen molar-refractivity contribution in [2.24, 2.45) is 0 Å². The average molecular weight is 878 g/mol. The molecule has 1 heteroatoms. The van der Waals surface area contributed by atoms with Gasteiger partial charge in [-0.05, 0) is 147 Å². The molecule has 0 fully saturated rings. The van der Waals surface area contributed by atoms with Crippen molar-refractivity contribution in [2.75, 3.05) is 4.90 Å². The van der Waals surface area contributed by atoms with E-state index in [0.717, 1.165) is 31.4 Å². The highest BCUT2D eigenvalue weighted by atomic mass is 15.1. The first-order valence-corrected chi connectivity index (χ1v) is 26.6. The standard InChI is InChI=1S/C65H83N/c1-9-15-17-19-21-26-46-65(47-27-22-20-18-16-10-2)61-48-53(34-44-59(61)60-45-37-55(49-62(60)65)64(8,13-5)14-6)52-32-40-57(41-33-52)66(58-42-35-54(36-43-58)63(7,11-3)12-4)56-38-30-51(31-39-56)50-28-24-23-25-29-50/h23-25,28-45,48-49H,9-22,26-27,46-47H2,1-8H3. The smallest absolute Gasteiger partial charge is 0.0462 e. The van der Waals surface area contributed by atoms with Crippen molar-refractivity contribution in [1.29, 1.82) is 0 Å². The summed E-state index contributed by atoms with van der Waals surface area (Å²) >= 11 is 0. The van der Waals surface area contributed by atoms with Crippen LogP contribution >= 0.6 is 0 Å². The lowest BCUT2D eigenvalue weighted by atomic mass is 9.68. The molecule has 0 N–H and O–H groups in total. The van der Waals surface area contributed by atoms with E-state index in [-0.39, 0.29) is 16.2 Å². The van der Waals surface area contributed by atoms with Crippen LogP contribution in [0.1, 0.15) is 193 Å². The van der Waals surface area contributed by atoms with E-state index in [0.29, 0.717) is 0 Å². The molecule has 0 saturated carbocycles. The van der Waals surface area contributed by atoms with Gasteiger partial charge in [0.25, 0.3) is 0 Å². The highest BCUT2D eigenvalue weighted by Crippen LogP contribution is 2.56. The Balaban J connectivity index is 1.28. The number of hydrogen-bond acceptors (Lipinski definition) is 1.